The maximum atomic E-state index is 6.05. The maximum absolute atomic E-state index is 6.05. The lowest BCUT2D eigenvalue weighted by molar-refractivity contribution is 0.842. The zero-order valence-electron chi connectivity index (χ0n) is 8.32. The summed E-state index contributed by atoms with van der Waals surface area (Å²) in [6.45, 7) is 0. The van der Waals surface area contributed by atoms with Crippen molar-refractivity contribution < 1.29 is 0 Å². The third-order valence-electron chi connectivity index (χ3n) is 1.93. The molecule has 4 nitrogen and oxygen atoms in total. The fraction of sp³-hybridized carbons (Fsp3) is 0.111. The maximum Gasteiger partial charge on any atom is 0.224 e. The fourth-order valence-electron chi connectivity index (χ4n) is 1.22. The molecule has 7 heteroatoms. The Morgan fingerprint density at radius 2 is 2.12 bits per heavy atom. The second-order valence-electron chi connectivity index (χ2n) is 2.96. The van der Waals surface area contributed by atoms with Crippen LogP contribution in [-0.2, 0) is 0 Å². The van der Waals surface area contributed by atoms with Crippen LogP contribution in [0.25, 0.3) is 5.69 Å². The average molecular weight is 275 g/mol. The van der Waals surface area contributed by atoms with Crippen molar-refractivity contribution in [3.05, 3.63) is 28.2 Å². The van der Waals surface area contributed by atoms with Crippen molar-refractivity contribution in [3.8, 4) is 5.69 Å². The van der Waals surface area contributed by atoms with Crippen LogP contribution in [0.4, 0.5) is 5.95 Å². The highest BCUT2D eigenvalue weighted by Gasteiger charge is 2.11. The third-order valence-corrected chi connectivity index (χ3v) is 3.01. The van der Waals surface area contributed by atoms with E-state index in [9.17, 15) is 0 Å². The third kappa shape index (κ3) is 2.11. The first kappa shape index (κ1) is 11.6. The van der Waals surface area contributed by atoms with Crippen molar-refractivity contribution >= 4 is 40.9 Å². The van der Waals surface area contributed by atoms with Crippen LogP contribution in [0.2, 0.25) is 10.0 Å². The minimum absolute atomic E-state index is 0.300. The summed E-state index contributed by atoms with van der Waals surface area (Å²) in [4.78, 5) is 4.07. The van der Waals surface area contributed by atoms with Crippen LogP contribution in [0.15, 0.2) is 23.4 Å². The Morgan fingerprint density at radius 1 is 1.38 bits per heavy atom. The largest absolute Gasteiger partial charge is 0.368 e. The highest BCUT2D eigenvalue weighted by Crippen LogP contribution is 2.26. The van der Waals surface area contributed by atoms with Gasteiger partial charge in [-0.25, -0.2) is 0 Å². The topological polar surface area (TPSA) is 56.7 Å². The van der Waals surface area contributed by atoms with Crippen LogP contribution < -0.4 is 5.73 Å². The lowest BCUT2D eigenvalue weighted by Crippen LogP contribution is -2.02. The number of halogens is 2. The molecule has 0 aliphatic heterocycles. The molecule has 2 N–H and O–H groups in total. The lowest BCUT2D eigenvalue weighted by atomic mass is 10.3. The van der Waals surface area contributed by atoms with Gasteiger partial charge in [-0.3, -0.25) is 0 Å². The summed E-state index contributed by atoms with van der Waals surface area (Å²) in [5, 5.41) is 5.86. The first-order chi connectivity index (χ1) is 7.61. The Kier molecular flexibility index (Phi) is 3.28. The summed E-state index contributed by atoms with van der Waals surface area (Å²) in [6.07, 6.45) is 1.88. The van der Waals surface area contributed by atoms with Crippen molar-refractivity contribution in [2.75, 3.05) is 12.0 Å². The van der Waals surface area contributed by atoms with Crippen molar-refractivity contribution in [2.45, 2.75) is 5.16 Å². The van der Waals surface area contributed by atoms with Crippen molar-refractivity contribution in [1.82, 2.24) is 14.8 Å². The molecule has 0 unspecified atom stereocenters. The second kappa shape index (κ2) is 4.53. The first-order valence-electron chi connectivity index (χ1n) is 4.34. The molecule has 0 fully saturated rings. The Morgan fingerprint density at radius 3 is 2.69 bits per heavy atom. The molecule has 2 rings (SSSR count). The summed E-state index contributed by atoms with van der Waals surface area (Å²) in [5.41, 5.74) is 6.40. The van der Waals surface area contributed by atoms with Crippen LogP contribution in [-0.4, -0.2) is 21.0 Å². The Balaban J connectivity index is 2.53. The van der Waals surface area contributed by atoms with Crippen LogP contribution in [0.5, 0.6) is 0 Å². The van der Waals surface area contributed by atoms with Crippen LogP contribution in [0.1, 0.15) is 0 Å². The number of nitrogens with zero attached hydrogens (tertiary/aromatic N) is 3. The highest BCUT2D eigenvalue weighted by atomic mass is 35.5. The van der Waals surface area contributed by atoms with E-state index in [0.29, 0.717) is 26.8 Å². The number of nitrogens with two attached hydrogens (primary N) is 1. The van der Waals surface area contributed by atoms with Gasteiger partial charge >= 0.3 is 0 Å². The zero-order valence-corrected chi connectivity index (χ0v) is 10.6. The standard InChI is InChI=1S/C9H8Cl2N4S/c1-16-9-13-8(12)15(14-9)7-3-2-5(10)4-6(7)11/h2-4H,1H3,(H2,12,13,14). The van der Waals surface area contributed by atoms with Gasteiger partial charge in [0.15, 0.2) is 0 Å². The molecule has 16 heavy (non-hydrogen) atoms. The van der Waals surface area contributed by atoms with Gasteiger partial charge in [-0.2, -0.15) is 9.67 Å². The van der Waals surface area contributed by atoms with Gasteiger partial charge in [-0.15, -0.1) is 5.10 Å². The molecule has 0 saturated heterocycles. The molecular weight excluding hydrogens is 267 g/mol. The number of thioether (sulfide) groups is 1. The zero-order chi connectivity index (χ0) is 11.7. The van der Waals surface area contributed by atoms with Gasteiger partial charge in [0, 0.05) is 5.02 Å². The first-order valence-corrected chi connectivity index (χ1v) is 6.32. The molecule has 0 atom stereocenters. The predicted molar refractivity (Wildman–Crippen MR) is 67.6 cm³/mol. The molecule has 0 aliphatic carbocycles. The average Bonchev–Trinajstić information content (AvgIpc) is 2.60. The minimum Gasteiger partial charge on any atom is -0.368 e. The van der Waals surface area contributed by atoms with Gasteiger partial charge < -0.3 is 5.73 Å². The van der Waals surface area contributed by atoms with Gasteiger partial charge in [-0.1, -0.05) is 35.0 Å². The van der Waals surface area contributed by atoms with E-state index < -0.39 is 0 Å². The Bertz CT molecular complexity index is 526. The smallest absolute Gasteiger partial charge is 0.224 e. The van der Waals surface area contributed by atoms with E-state index in [1.54, 1.807) is 18.2 Å². The molecule has 0 saturated carbocycles. The second-order valence-corrected chi connectivity index (χ2v) is 4.58. The fourth-order valence-corrected chi connectivity index (χ4v) is 2.06. The van der Waals surface area contributed by atoms with E-state index in [1.165, 1.54) is 16.4 Å². The Labute approximate surface area is 107 Å². The van der Waals surface area contributed by atoms with Crippen molar-refractivity contribution in [2.24, 2.45) is 0 Å². The van der Waals surface area contributed by atoms with Crippen LogP contribution >= 0.6 is 35.0 Å². The molecule has 1 aromatic heterocycles. The number of hydrogen-bond donors (Lipinski definition) is 1. The molecule has 1 aromatic carbocycles. The monoisotopic (exact) mass is 274 g/mol. The molecule has 0 aliphatic rings. The predicted octanol–water partition coefficient (Wildman–Crippen LogP) is 2.88. The van der Waals surface area contributed by atoms with Gasteiger partial charge in [0.1, 0.15) is 0 Å². The summed E-state index contributed by atoms with van der Waals surface area (Å²) in [7, 11) is 0. The summed E-state index contributed by atoms with van der Waals surface area (Å²) < 4.78 is 1.49. The van der Waals surface area contributed by atoms with Crippen molar-refractivity contribution in [3.63, 3.8) is 0 Å². The number of benzene rings is 1. The van der Waals surface area contributed by atoms with E-state index in [-0.39, 0.29) is 0 Å². The molecule has 0 radical (unpaired) electrons. The number of rotatable bonds is 2. The molecule has 84 valence electrons. The van der Waals surface area contributed by atoms with E-state index in [0.717, 1.165) is 0 Å². The summed E-state index contributed by atoms with van der Waals surface area (Å²) in [6, 6.07) is 5.11. The van der Waals surface area contributed by atoms with E-state index in [1.807, 2.05) is 6.26 Å². The van der Waals surface area contributed by atoms with E-state index in [4.69, 9.17) is 28.9 Å². The van der Waals surface area contributed by atoms with E-state index >= 15 is 0 Å². The summed E-state index contributed by atoms with van der Waals surface area (Å²) >= 11 is 13.3. The molecule has 0 bridgehead atoms. The minimum atomic E-state index is 0.300. The molecule has 1 heterocycles. The quantitative estimate of drug-likeness (QED) is 0.856. The van der Waals surface area contributed by atoms with Gasteiger partial charge in [0.25, 0.3) is 0 Å². The van der Waals surface area contributed by atoms with Crippen LogP contribution in [0.3, 0.4) is 0 Å². The number of aromatic nitrogens is 3. The molecule has 0 amide bonds. The molecule has 2 aromatic rings. The summed E-state index contributed by atoms with van der Waals surface area (Å²) in [5.74, 6) is 0.300. The number of nitrogen functional groups attached to an aromatic ring is 1. The highest BCUT2D eigenvalue weighted by molar-refractivity contribution is 7.98. The van der Waals surface area contributed by atoms with E-state index in [2.05, 4.69) is 10.1 Å². The number of anilines is 1. The van der Waals surface area contributed by atoms with Crippen LogP contribution in [0, 0.1) is 0 Å². The van der Waals surface area contributed by atoms with Gasteiger partial charge in [0.05, 0.1) is 10.7 Å². The number of hydrogen-bond acceptors (Lipinski definition) is 4. The van der Waals surface area contributed by atoms with Crippen molar-refractivity contribution in [1.29, 1.82) is 0 Å². The molecular formula is C9H8Cl2N4S. The SMILES string of the molecule is CSc1nc(N)n(-c2ccc(Cl)cc2Cl)n1. The Hall–Kier alpha value is -0.910. The normalized spacial score (nSPS) is 10.7. The lowest BCUT2D eigenvalue weighted by Gasteiger charge is -2.04. The molecule has 0 spiro atoms. The van der Waals surface area contributed by atoms with Gasteiger partial charge in [-0.05, 0) is 24.5 Å². The van der Waals surface area contributed by atoms with Gasteiger partial charge in [0.2, 0.25) is 11.1 Å².